The number of carbonyl (C=O) groups excluding carboxylic acids is 1. The van der Waals surface area contributed by atoms with Gasteiger partial charge in [0.1, 0.15) is 6.33 Å². The fourth-order valence-corrected chi connectivity index (χ4v) is 2.40. The lowest BCUT2D eigenvalue weighted by molar-refractivity contribution is -0.111. The van der Waals surface area contributed by atoms with Gasteiger partial charge in [0.2, 0.25) is 5.91 Å². The lowest BCUT2D eigenvalue weighted by Crippen LogP contribution is -2.07. The van der Waals surface area contributed by atoms with Crippen LogP contribution in [0.5, 0.6) is 11.5 Å². The van der Waals surface area contributed by atoms with Gasteiger partial charge < -0.3 is 14.8 Å². The van der Waals surface area contributed by atoms with Crippen molar-refractivity contribution in [2.75, 3.05) is 19.0 Å². The first-order valence-corrected chi connectivity index (χ1v) is 8.33. The van der Waals surface area contributed by atoms with Crippen molar-refractivity contribution in [1.29, 1.82) is 0 Å². The van der Waals surface area contributed by atoms with E-state index in [9.17, 15) is 4.79 Å². The predicted octanol–water partition coefficient (Wildman–Crippen LogP) is 2.72. The van der Waals surface area contributed by atoms with Crippen LogP contribution in [-0.2, 0) is 4.79 Å². The van der Waals surface area contributed by atoms with Gasteiger partial charge in [-0.1, -0.05) is 6.07 Å². The lowest BCUT2D eigenvalue weighted by atomic mass is 10.2. The zero-order valence-electron chi connectivity index (χ0n) is 15.0. The Morgan fingerprint density at radius 2 is 2.00 bits per heavy atom. The smallest absolute Gasteiger partial charge is 0.248 e. The maximum absolute atomic E-state index is 12.1. The summed E-state index contributed by atoms with van der Waals surface area (Å²) in [4.78, 5) is 12.1. The van der Waals surface area contributed by atoms with E-state index in [2.05, 4.69) is 20.8 Å². The van der Waals surface area contributed by atoms with E-state index in [0.717, 1.165) is 11.3 Å². The molecule has 0 radical (unpaired) electrons. The summed E-state index contributed by atoms with van der Waals surface area (Å²) in [7, 11) is 1.58. The van der Waals surface area contributed by atoms with Crippen molar-refractivity contribution in [1.82, 2.24) is 20.2 Å². The van der Waals surface area contributed by atoms with E-state index in [1.54, 1.807) is 25.3 Å². The van der Waals surface area contributed by atoms with Crippen LogP contribution in [0.25, 0.3) is 11.8 Å². The molecule has 1 amide bonds. The Hall–Kier alpha value is -3.68. The number of hydrogen-bond acceptors (Lipinski definition) is 6. The van der Waals surface area contributed by atoms with Gasteiger partial charge in [0, 0.05) is 11.8 Å². The van der Waals surface area contributed by atoms with Crippen molar-refractivity contribution in [2.24, 2.45) is 0 Å². The fourth-order valence-electron chi connectivity index (χ4n) is 2.40. The number of ether oxygens (including phenoxy) is 2. The Bertz CT molecular complexity index is 921. The van der Waals surface area contributed by atoms with Crippen LogP contribution in [0.3, 0.4) is 0 Å². The van der Waals surface area contributed by atoms with E-state index in [1.807, 2.05) is 37.3 Å². The van der Waals surface area contributed by atoms with Gasteiger partial charge in [-0.15, -0.1) is 5.10 Å². The van der Waals surface area contributed by atoms with Crippen molar-refractivity contribution in [3.05, 3.63) is 60.4 Å². The van der Waals surface area contributed by atoms with Crippen LogP contribution >= 0.6 is 0 Å². The molecule has 0 aliphatic heterocycles. The second kappa shape index (κ2) is 8.61. The molecule has 0 aliphatic carbocycles. The minimum absolute atomic E-state index is 0.238. The molecule has 0 unspecified atom stereocenters. The summed E-state index contributed by atoms with van der Waals surface area (Å²) in [6.07, 6.45) is 4.68. The van der Waals surface area contributed by atoms with E-state index >= 15 is 0 Å². The number of anilines is 1. The lowest BCUT2D eigenvalue weighted by Gasteiger charge is -2.09. The molecule has 2 aromatic carbocycles. The Morgan fingerprint density at radius 3 is 2.67 bits per heavy atom. The predicted molar refractivity (Wildman–Crippen MR) is 101 cm³/mol. The minimum Gasteiger partial charge on any atom is -0.493 e. The summed E-state index contributed by atoms with van der Waals surface area (Å²) in [5.41, 5.74) is 2.31. The zero-order chi connectivity index (χ0) is 19.1. The topological polar surface area (TPSA) is 91.2 Å². The fraction of sp³-hybridized carbons (Fsp3) is 0.158. The molecule has 8 heteroatoms. The highest BCUT2D eigenvalue weighted by atomic mass is 16.5. The number of benzene rings is 2. The van der Waals surface area contributed by atoms with Gasteiger partial charge in [0.05, 0.1) is 19.4 Å². The highest BCUT2D eigenvalue weighted by molar-refractivity contribution is 6.02. The third-order valence-corrected chi connectivity index (χ3v) is 3.66. The van der Waals surface area contributed by atoms with Crippen LogP contribution in [0, 0.1) is 0 Å². The molecule has 0 bridgehead atoms. The first-order valence-electron chi connectivity index (χ1n) is 8.33. The molecule has 0 aliphatic rings. The summed E-state index contributed by atoms with van der Waals surface area (Å²) in [5, 5.41) is 13.8. The van der Waals surface area contributed by atoms with Crippen molar-refractivity contribution < 1.29 is 14.3 Å². The average Bonchev–Trinajstić information content (AvgIpc) is 3.23. The molecular weight excluding hydrogens is 346 g/mol. The van der Waals surface area contributed by atoms with E-state index in [0.29, 0.717) is 23.8 Å². The zero-order valence-corrected chi connectivity index (χ0v) is 15.0. The second-order valence-corrected chi connectivity index (χ2v) is 5.47. The molecule has 27 heavy (non-hydrogen) atoms. The number of tetrazole rings is 1. The van der Waals surface area contributed by atoms with Crippen molar-refractivity contribution in [3.8, 4) is 17.2 Å². The van der Waals surface area contributed by atoms with Crippen LogP contribution in [0.4, 0.5) is 5.69 Å². The molecule has 0 saturated carbocycles. The molecule has 138 valence electrons. The van der Waals surface area contributed by atoms with E-state index in [-0.39, 0.29) is 5.91 Å². The molecule has 0 fully saturated rings. The third-order valence-electron chi connectivity index (χ3n) is 3.66. The monoisotopic (exact) mass is 365 g/mol. The van der Waals surface area contributed by atoms with Crippen molar-refractivity contribution >= 4 is 17.7 Å². The van der Waals surface area contributed by atoms with Gasteiger partial charge in [-0.2, -0.15) is 0 Å². The number of amides is 1. The van der Waals surface area contributed by atoms with E-state index in [4.69, 9.17) is 9.47 Å². The number of carbonyl (C=O) groups is 1. The first kappa shape index (κ1) is 18.1. The second-order valence-electron chi connectivity index (χ2n) is 5.47. The molecule has 0 saturated heterocycles. The normalized spacial score (nSPS) is 10.7. The van der Waals surface area contributed by atoms with E-state index < -0.39 is 0 Å². The van der Waals surface area contributed by atoms with E-state index in [1.165, 1.54) is 17.1 Å². The number of hydrogen-bond donors (Lipinski definition) is 1. The van der Waals surface area contributed by atoms with Gasteiger partial charge in [-0.05, 0) is 65.4 Å². The average molecular weight is 365 g/mol. The van der Waals surface area contributed by atoms with Gasteiger partial charge in [-0.3, -0.25) is 4.79 Å². The molecule has 1 heterocycles. The Kier molecular flexibility index (Phi) is 5.78. The van der Waals surface area contributed by atoms with Crippen molar-refractivity contribution in [3.63, 3.8) is 0 Å². The van der Waals surface area contributed by atoms with Crippen LogP contribution in [0.15, 0.2) is 54.9 Å². The molecule has 8 nitrogen and oxygen atoms in total. The molecule has 3 rings (SSSR count). The summed E-state index contributed by atoms with van der Waals surface area (Å²) in [6.45, 7) is 2.47. The Labute approximate surface area is 156 Å². The highest BCUT2D eigenvalue weighted by Gasteiger charge is 2.05. The summed E-state index contributed by atoms with van der Waals surface area (Å²) < 4.78 is 12.3. The molecule has 1 N–H and O–H groups in total. The molecule has 3 aromatic rings. The van der Waals surface area contributed by atoms with Crippen LogP contribution in [0.1, 0.15) is 12.5 Å². The minimum atomic E-state index is -0.238. The maximum atomic E-state index is 12.1. The number of nitrogens with zero attached hydrogens (tertiary/aromatic N) is 4. The SMILES string of the molecule is CCOc1ccc(/C=C/C(=O)Nc2ccc(-n3cnnn3)cc2)cc1OC. The van der Waals surface area contributed by atoms with Crippen molar-refractivity contribution in [2.45, 2.75) is 6.92 Å². The summed E-state index contributed by atoms with van der Waals surface area (Å²) >= 11 is 0. The van der Waals surface area contributed by atoms with Crippen LogP contribution in [0.2, 0.25) is 0 Å². The maximum Gasteiger partial charge on any atom is 0.248 e. The summed E-state index contributed by atoms with van der Waals surface area (Å²) in [6, 6.07) is 12.7. The van der Waals surface area contributed by atoms with Crippen LogP contribution in [-0.4, -0.2) is 39.8 Å². The highest BCUT2D eigenvalue weighted by Crippen LogP contribution is 2.28. The summed E-state index contributed by atoms with van der Waals surface area (Å²) in [5.74, 6) is 1.06. The van der Waals surface area contributed by atoms with Crippen LogP contribution < -0.4 is 14.8 Å². The Morgan fingerprint density at radius 1 is 1.19 bits per heavy atom. The first-order chi connectivity index (χ1) is 13.2. The molecular formula is C19H19N5O3. The number of nitrogens with one attached hydrogen (secondary N) is 1. The van der Waals surface area contributed by atoms with Gasteiger partial charge in [0.25, 0.3) is 0 Å². The third kappa shape index (κ3) is 4.69. The molecule has 1 aromatic heterocycles. The quantitative estimate of drug-likeness (QED) is 0.648. The standard InChI is InChI=1S/C19H19N5O3/c1-3-27-17-10-4-14(12-18(17)26-2)5-11-19(25)21-15-6-8-16(9-7-15)24-13-20-22-23-24/h4-13H,3H2,1-2H3,(H,21,25)/b11-5+. The van der Waals surface area contributed by atoms with Gasteiger partial charge in [-0.25, -0.2) is 4.68 Å². The Balaban J connectivity index is 1.63. The number of aromatic nitrogens is 4. The van der Waals surface area contributed by atoms with Gasteiger partial charge in [0.15, 0.2) is 11.5 Å². The number of methoxy groups -OCH3 is 1. The van der Waals surface area contributed by atoms with Gasteiger partial charge >= 0.3 is 0 Å². The number of rotatable bonds is 7. The molecule has 0 atom stereocenters. The largest absolute Gasteiger partial charge is 0.493 e. The molecule has 0 spiro atoms.